The van der Waals surface area contributed by atoms with Crippen molar-refractivity contribution in [3.63, 3.8) is 0 Å². The number of likely N-dealkylation sites (N-methyl/N-ethyl adjacent to an activating group) is 1. The molecule has 0 spiro atoms. The van der Waals surface area contributed by atoms with Crippen LogP contribution in [0.5, 0.6) is 0 Å². The molecule has 25 heavy (non-hydrogen) atoms. The zero-order valence-electron chi connectivity index (χ0n) is 14.5. The minimum Gasteiger partial charge on any atom is -0.387 e. The van der Waals surface area contributed by atoms with Gasteiger partial charge in [-0.3, -0.25) is 4.57 Å². The first-order chi connectivity index (χ1) is 11.9. The Hall–Kier alpha value is -2.25. The van der Waals surface area contributed by atoms with E-state index >= 15 is 0 Å². The van der Waals surface area contributed by atoms with Crippen molar-refractivity contribution in [3.05, 3.63) is 39.6 Å². The van der Waals surface area contributed by atoms with Crippen molar-refractivity contribution in [2.75, 3.05) is 31.6 Å². The predicted molar refractivity (Wildman–Crippen MR) is 95.4 cm³/mol. The van der Waals surface area contributed by atoms with Crippen LogP contribution in [0.4, 0.5) is 10.2 Å². The summed E-state index contributed by atoms with van der Waals surface area (Å²) in [5.41, 5.74) is 1.12. The Balaban J connectivity index is 2.11. The van der Waals surface area contributed by atoms with E-state index in [9.17, 15) is 14.3 Å². The summed E-state index contributed by atoms with van der Waals surface area (Å²) in [6, 6.07) is 1.47. The van der Waals surface area contributed by atoms with Gasteiger partial charge in [0.05, 0.1) is 23.0 Å². The molecule has 1 saturated heterocycles. The van der Waals surface area contributed by atoms with Crippen LogP contribution in [0.15, 0.2) is 16.9 Å². The van der Waals surface area contributed by atoms with Gasteiger partial charge >= 0.3 is 5.69 Å². The summed E-state index contributed by atoms with van der Waals surface area (Å²) in [6.45, 7) is 3.73. The van der Waals surface area contributed by atoms with E-state index in [0.717, 1.165) is 6.54 Å². The van der Waals surface area contributed by atoms with Gasteiger partial charge in [0.2, 0.25) is 0 Å². The molecule has 7 heteroatoms. The summed E-state index contributed by atoms with van der Waals surface area (Å²) in [5.74, 6) is 0.124. The number of aliphatic hydroxyl groups excluding tert-OH is 1. The normalized spacial score (nSPS) is 24.8. The minimum absolute atomic E-state index is 0.227. The van der Waals surface area contributed by atoms with Crippen LogP contribution in [-0.2, 0) is 7.05 Å². The van der Waals surface area contributed by atoms with Crippen LogP contribution in [0.2, 0.25) is 0 Å². The number of aliphatic hydroxyl groups is 1. The lowest BCUT2D eigenvalue weighted by Gasteiger charge is -2.43. The average Bonchev–Trinajstić information content (AvgIpc) is 2.58. The molecule has 4 rings (SSSR count). The highest BCUT2D eigenvalue weighted by atomic mass is 19.1. The Labute approximate surface area is 144 Å². The quantitative estimate of drug-likeness (QED) is 0.769. The first-order valence-electron chi connectivity index (χ1n) is 8.39. The van der Waals surface area contributed by atoms with E-state index in [0.29, 0.717) is 40.9 Å². The molecule has 2 aromatic rings. The van der Waals surface area contributed by atoms with Crippen LogP contribution < -0.4 is 10.6 Å². The Bertz CT molecular complexity index is 952. The number of halogens is 1. The Morgan fingerprint density at radius 1 is 1.32 bits per heavy atom. The van der Waals surface area contributed by atoms with Crippen molar-refractivity contribution in [1.82, 2.24) is 14.5 Å². The third-order valence-corrected chi connectivity index (χ3v) is 5.28. The number of fused-ring (bicyclic) bond motifs is 2. The molecular formula is C18H21FN4O2. The van der Waals surface area contributed by atoms with Crippen LogP contribution in [-0.4, -0.2) is 58.4 Å². The monoisotopic (exact) mass is 344 g/mol. The number of benzene rings is 1. The highest BCUT2D eigenvalue weighted by Gasteiger charge is 2.34. The fourth-order valence-corrected chi connectivity index (χ4v) is 3.82. The Kier molecular flexibility index (Phi) is 3.66. The lowest BCUT2D eigenvalue weighted by atomic mass is 9.97. The molecule has 0 aliphatic carbocycles. The summed E-state index contributed by atoms with van der Waals surface area (Å²) < 4.78 is 16.3. The van der Waals surface area contributed by atoms with Gasteiger partial charge in [-0.1, -0.05) is 12.2 Å². The molecule has 2 aliphatic heterocycles. The number of rotatable bonds is 0. The molecule has 2 aliphatic rings. The fourth-order valence-electron chi connectivity index (χ4n) is 3.82. The molecular weight excluding hydrogens is 323 g/mol. The molecule has 132 valence electrons. The van der Waals surface area contributed by atoms with Crippen molar-refractivity contribution < 1.29 is 9.50 Å². The second kappa shape index (κ2) is 5.64. The Morgan fingerprint density at radius 2 is 2.08 bits per heavy atom. The molecule has 1 aromatic heterocycles. The van der Waals surface area contributed by atoms with Crippen LogP contribution in [0.3, 0.4) is 0 Å². The molecule has 0 amide bonds. The molecule has 1 fully saturated rings. The van der Waals surface area contributed by atoms with Crippen molar-refractivity contribution >= 4 is 22.8 Å². The molecule has 3 heterocycles. The maximum absolute atomic E-state index is 14.8. The highest BCUT2D eigenvalue weighted by Crippen LogP contribution is 2.35. The maximum Gasteiger partial charge on any atom is 0.349 e. The SMILES string of the molecule is Cc1cc2c3c(nc(=O)n2C)N2CCN(C)CC2C(O)/C=C\c3c1F. The molecule has 0 saturated carbocycles. The number of nitrogens with zero attached hydrogens (tertiary/aromatic N) is 4. The number of piperazine rings is 1. The molecule has 2 unspecified atom stereocenters. The van der Waals surface area contributed by atoms with E-state index < -0.39 is 6.10 Å². The summed E-state index contributed by atoms with van der Waals surface area (Å²) in [4.78, 5) is 20.7. The Morgan fingerprint density at radius 3 is 2.84 bits per heavy atom. The highest BCUT2D eigenvalue weighted by molar-refractivity contribution is 5.98. The van der Waals surface area contributed by atoms with Gasteiger partial charge in [0.1, 0.15) is 11.6 Å². The van der Waals surface area contributed by atoms with Crippen LogP contribution in [0.1, 0.15) is 11.1 Å². The second-order valence-electron chi connectivity index (χ2n) is 6.96. The van der Waals surface area contributed by atoms with Gasteiger partial charge in [-0.25, -0.2) is 9.18 Å². The van der Waals surface area contributed by atoms with Crippen molar-refractivity contribution in [2.24, 2.45) is 7.05 Å². The summed E-state index contributed by atoms with van der Waals surface area (Å²) in [5, 5.41) is 11.2. The van der Waals surface area contributed by atoms with E-state index in [2.05, 4.69) is 9.88 Å². The number of aromatic nitrogens is 2. The largest absolute Gasteiger partial charge is 0.387 e. The summed E-state index contributed by atoms with van der Waals surface area (Å²) in [6.07, 6.45) is 2.50. The van der Waals surface area contributed by atoms with E-state index in [-0.39, 0.29) is 17.5 Å². The molecule has 0 radical (unpaired) electrons. The van der Waals surface area contributed by atoms with Gasteiger partial charge in [-0.05, 0) is 25.6 Å². The van der Waals surface area contributed by atoms with Crippen molar-refractivity contribution in [1.29, 1.82) is 0 Å². The molecule has 1 aromatic carbocycles. The first kappa shape index (κ1) is 16.2. The third kappa shape index (κ3) is 2.38. The molecule has 1 N–H and O–H groups in total. The van der Waals surface area contributed by atoms with Gasteiger partial charge in [0, 0.05) is 32.2 Å². The number of anilines is 1. The van der Waals surface area contributed by atoms with Crippen molar-refractivity contribution in [2.45, 2.75) is 19.1 Å². The van der Waals surface area contributed by atoms with E-state index in [1.165, 1.54) is 4.57 Å². The van der Waals surface area contributed by atoms with Crippen molar-refractivity contribution in [3.8, 4) is 0 Å². The van der Waals surface area contributed by atoms with Gasteiger partial charge < -0.3 is 14.9 Å². The predicted octanol–water partition coefficient (Wildman–Crippen LogP) is 0.889. The number of aryl methyl sites for hydroxylation is 2. The summed E-state index contributed by atoms with van der Waals surface area (Å²) >= 11 is 0. The van der Waals surface area contributed by atoms with E-state index in [1.807, 2.05) is 11.9 Å². The lowest BCUT2D eigenvalue weighted by molar-refractivity contribution is 0.141. The molecule has 0 bridgehead atoms. The van der Waals surface area contributed by atoms with E-state index in [1.54, 1.807) is 32.2 Å². The number of hydrogen-bond donors (Lipinski definition) is 1. The minimum atomic E-state index is -0.767. The van der Waals surface area contributed by atoms with E-state index in [4.69, 9.17) is 0 Å². The van der Waals surface area contributed by atoms with Gasteiger partial charge in [0.25, 0.3) is 0 Å². The van der Waals surface area contributed by atoms with Gasteiger partial charge in [0.15, 0.2) is 0 Å². The van der Waals surface area contributed by atoms with Crippen LogP contribution in [0.25, 0.3) is 17.0 Å². The number of hydrogen-bond acceptors (Lipinski definition) is 5. The first-order valence-corrected chi connectivity index (χ1v) is 8.39. The lowest BCUT2D eigenvalue weighted by Crippen LogP contribution is -2.57. The fraction of sp³-hybridized carbons (Fsp3) is 0.444. The van der Waals surface area contributed by atoms with Gasteiger partial charge in [-0.2, -0.15) is 4.98 Å². The standard InChI is InChI=1S/C18H21FN4O2/c1-10-8-12-15-11(16(10)19)4-5-14(24)13-9-21(2)6-7-23(13)17(15)20-18(25)22(12)3/h4-5,8,13-14,24H,6-7,9H2,1-3H3/b5-4-. The smallest absolute Gasteiger partial charge is 0.349 e. The zero-order chi connectivity index (χ0) is 17.9. The average molecular weight is 344 g/mol. The maximum atomic E-state index is 14.8. The second-order valence-corrected chi connectivity index (χ2v) is 6.96. The van der Waals surface area contributed by atoms with Gasteiger partial charge in [-0.15, -0.1) is 0 Å². The third-order valence-electron chi connectivity index (χ3n) is 5.28. The summed E-state index contributed by atoms with van der Waals surface area (Å²) in [7, 11) is 3.64. The topological polar surface area (TPSA) is 61.6 Å². The van der Waals surface area contributed by atoms with Crippen LogP contribution >= 0.6 is 0 Å². The van der Waals surface area contributed by atoms with Crippen LogP contribution in [0, 0.1) is 12.7 Å². The molecule has 6 nitrogen and oxygen atoms in total. The zero-order valence-corrected chi connectivity index (χ0v) is 14.5. The molecule has 2 atom stereocenters.